The zero-order chi connectivity index (χ0) is 14.7. The second-order valence-electron chi connectivity index (χ2n) is 5.51. The highest BCUT2D eigenvalue weighted by Gasteiger charge is 2.18. The van der Waals surface area contributed by atoms with Gasteiger partial charge in [-0.15, -0.1) is 0 Å². The van der Waals surface area contributed by atoms with Crippen molar-refractivity contribution in [3.63, 3.8) is 0 Å². The molecule has 1 aromatic rings. The molecule has 1 N–H and O–H groups in total. The Morgan fingerprint density at radius 1 is 1.30 bits per heavy atom. The number of aryl methyl sites for hydroxylation is 2. The lowest BCUT2D eigenvalue weighted by Gasteiger charge is -2.22. The van der Waals surface area contributed by atoms with Crippen LogP contribution in [0, 0.1) is 19.8 Å². The zero-order valence-corrected chi connectivity index (χ0v) is 12.7. The van der Waals surface area contributed by atoms with E-state index in [4.69, 9.17) is 0 Å². The normalized spacial score (nSPS) is 20.7. The molecule has 2 rings (SSSR count). The van der Waals surface area contributed by atoms with Gasteiger partial charge in [0.25, 0.3) is 0 Å². The predicted molar refractivity (Wildman–Crippen MR) is 83.9 cm³/mol. The summed E-state index contributed by atoms with van der Waals surface area (Å²) < 4.78 is 0. The van der Waals surface area contributed by atoms with Gasteiger partial charge in [0.15, 0.2) is 0 Å². The monoisotopic (exact) mass is 270 g/mol. The van der Waals surface area contributed by atoms with Crippen LogP contribution < -0.4 is 5.43 Å². The fourth-order valence-electron chi connectivity index (χ4n) is 2.32. The Kier molecular flexibility index (Phi) is 4.32. The molecule has 0 saturated carbocycles. The van der Waals surface area contributed by atoms with Crippen molar-refractivity contribution in [2.45, 2.75) is 40.5 Å². The van der Waals surface area contributed by atoms with Gasteiger partial charge in [-0.2, -0.15) is 5.10 Å². The van der Waals surface area contributed by atoms with Crippen LogP contribution in [0.5, 0.6) is 0 Å². The van der Waals surface area contributed by atoms with Gasteiger partial charge >= 0.3 is 0 Å². The quantitative estimate of drug-likeness (QED) is 0.671. The second-order valence-corrected chi connectivity index (χ2v) is 5.51. The molecule has 0 aliphatic heterocycles. The predicted octanol–water partition coefficient (Wildman–Crippen LogP) is 3.79. The van der Waals surface area contributed by atoms with Gasteiger partial charge in [0.05, 0.1) is 5.71 Å². The van der Waals surface area contributed by atoms with E-state index in [-0.39, 0.29) is 0 Å². The van der Waals surface area contributed by atoms with E-state index in [9.17, 15) is 0 Å². The third-order valence-electron chi connectivity index (χ3n) is 3.57. The van der Waals surface area contributed by atoms with Gasteiger partial charge in [0.1, 0.15) is 0 Å². The minimum atomic E-state index is 0.486. The molecule has 4 heteroatoms. The van der Waals surface area contributed by atoms with E-state index in [0.717, 1.165) is 29.9 Å². The molecular formula is C16H22N4. The van der Waals surface area contributed by atoms with Crippen LogP contribution in [0.2, 0.25) is 0 Å². The first-order valence-electron chi connectivity index (χ1n) is 6.93. The Hall–Kier alpha value is -1.97. The van der Waals surface area contributed by atoms with Crippen molar-refractivity contribution in [3.8, 4) is 0 Å². The highest BCUT2D eigenvalue weighted by atomic mass is 15.4. The molecule has 1 atom stereocenters. The molecule has 1 aromatic heterocycles. The maximum atomic E-state index is 4.48. The van der Waals surface area contributed by atoms with E-state index in [0.29, 0.717) is 11.9 Å². The fourth-order valence-corrected chi connectivity index (χ4v) is 2.32. The summed E-state index contributed by atoms with van der Waals surface area (Å²) in [5.41, 5.74) is 8.36. The number of nitrogens with one attached hydrogen (secondary N) is 1. The number of aromatic nitrogens is 2. The Labute approximate surface area is 120 Å². The smallest absolute Gasteiger partial charge is 0.243 e. The van der Waals surface area contributed by atoms with Gasteiger partial charge in [-0.05, 0) is 58.1 Å². The van der Waals surface area contributed by atoms with Gasteiger partial charge in [0.2, 0.25) is 5.95 Å². The first-order valence-corrected chi connectivity index (χ1v) is 6.93. The highest BCUT2D eigenvalue weighted by molar-refractivity contribution is 6.01. The van der Waals surface area contributed by atoms with Crippen molar-refractivity contribution in [1.82, 2.24) is 9.97 Å². The summed E-state index contributed by atoms with van der Waals surface area (Å²) in [7, 11) is 0. The summed E-state index contributed by atoms with van der Waals surface area (Å²) in [5, 5.41) is 4.48. The summed E-state index contributed by atoms with van der Waals surface area (Å²) in [6, 6.07) is 1.95. The third kappa shape index (κ3) is 3.53. The lowest BCUT2D eigenvalue weighted by molar-refractivity contribution is 0.639. The summed E-state index contributed by atoms with van der Waals surface area (Å²) in [6.07, 6.45) is 4.21. The van der Waals surface area contributed by atoms with Crippen molar-refractivity contribution < 1.29 is 0 Å². The molecule has 1 heterocycles. The summed E-state index contributed by atoms with van der Waals surface area (Å²) in [4.78, 5) is 8.66. The van der Waals surface area contributed by atoms with E-state index < -0.39 is 0 Å². The standard InChI is InChI=1S/C16H22N4/c1-10(2)14-7-6-11(3)15(9-14)19-20-16-17-12(4)8-13(5)18-16/h6,8,14H,1,7,9H2,2-5H3,(H,17,18,20)/t14-/m0/s1. The van der Waals surface area contributed by atoms with E-state index in [1.165, 1.54) is 11.1 Å². The lowest BCUT2D eigenvalue weighted by Crippen LogP contribution is -2.17. The third-order valence-corrected chi connectivity index (χ3v) is 3.57. The van der Waals surface area contributed by atoms with E-state index >= 15 is 0 Å². The molecule has 1 aliphatic rings. The molecule has 0 unspecified atom stereocenters. The first-order chi connectivity index (χ1) is 9.45. The number of hydrogen-bond donors (Lipinski definition) is 1. The molecular weight excluding hydrogens is 248 g/mol. The van der Waals surface area contributed by atoms with Crippen molar-refractivity contribution in [1.29, 1.82) is 0 Å². The molecule has 106 valence electrons. The van der Waals surface area contributed by atoms with Crippen LogP contribution in [-0.2, 0) is 0 Å². The van der Waals surface area contributed by atoms with Crippen LogP contribution in [0.1, 0.15) is 38.1 Å². The maximum Gasteiger partial charge on any atom is 0.243 e. The molecule has 0 spiro atoms. The number of nitrogens with zero attached hydrogens (tertiary/aromatic N) is 3. The Balaban J connectivity index is 2.15. The number of allylic oxidation sites excluding steroid dienone is 3. The largest absolute Gasteiger partial charge is 0.245 e. The van der Waals surface area contributed by atoms with Crippen LogP contribution >= 0.6 is 0 Å². The topological polar surface area (TPSA) is 50.2 Å². The Morgan fingerprint density at radius 3 is 2.55 bits per heavy atom. The van der Waals surface area contributed by atoms with Crippen LogP contribution in [-0.4, -0.2) is 15.7 Å². The van der Waals surface area contributed by atoms with Gasteiger partial charge < -0.3 is 0 Å². The molecule has 0 bridgehead atoms. The average Bonchev–Trinajstić information content (AvgIpc) is 2.36. The van der Waals surface area contributed by atoms with Crippen molar-refractivity contribution in [3.05, 3.63) is 41.3 Å². The molecule has 4 nitrogen and oxygen atoms in total. The number of anilines is 1. The summed E-state index contributed by atoms with van der Waals surface area (Å²) >= 11 is 0. The SMILES string of the molecule is C=C(C)[C@H]1CC=C(C)C(=NNc2nc(C)cc(C)n2)C1. The van der Waals surface area contributed by atoms with Crippen molar-refractivity contribution in [2.24, 2.45) is 11.0 Å². The Bertz CT molecular complexity index is 564. The number of hydrazone groups is 1. The van der Waals surface area contributed by atoms with Gasteiger partial charge in [-0.3, -0.25) is 0 Å². The summed E-state index contributed by atoms with van der Waals surface area (Å²) in [5.74, 6) is 1.04. The van der Waals surface area contributed by atoms with Gasteiger partial charge in [-0.1, -0.05) is 18.2 Å². The van der Waals surface area contributed by atoms with Crippen LogP contribution in [0.4, 0.5) is 5.95 Å². The fraction of sp³-hybridized carbons (Fsp3) is 0.438. The van der Waals surface area contributed by atoms with Gasteiger partial charge in [-0.25, -0.2) is 15.4 Å². The molecule has 0 fully saturated rings. The molecule has 0 aromatic carbocycles. The first kappa shape index (κ1) is 14.4. The van der Waals surface area contributed by atoms with Crippen molar-refractivity contribution >= 4 is 11.7 Å². The number of hydrogen-bond acceptors (Lipinski definition) is 4. The van der Waals surface area contributed by atoms with E-state index in [1.54, 1.807) is 0 Å². The number of rotatable bonds is 3. The molecule has 1 aliphatic carbocycles. The molecule has 0 saturated heterocycles. The molecule has 20 heavy (non-hydrogen) atoms. The minimum Gasteiger partial charge on any atom is -0.245 e. The maximum absolute atomic E-state index is 4.48. The lowest BCUT2D eigenvalue weighted by atomic mass is 9.85. The van der Waals surface area contributed by atoms with Crippen LogP contribution in [0.15, 0.2) is 35.0 Å². The van der Waals surface area contributed by atoms with Crippen LogP contribution in [0.25, 0.3) is 0 Å². The van der Waals surface area contributed by atoms with Crippen molar-refractivity contribution in [2.75, 3.05) is 5.43 Å². The average molecular weight is 270 g/mol. The zero-order valence-electron chi connectivity index (χ0n) is 12.7. The highest BCUT2D eigenvalue weighted by Crippen LogP contribution is 2.26. The molecule has 0 amide bonds. The van der Waals surface area contributed by atoms with Crippen LogP contribution in [0.3, 0.4) is 0 Å². The summed E-state index contributed by atoms with van der Waals surface area (Å²) in [6.45, 7) is 12.1. The second kappa shape index (κ2) is 5.99. The minimum absolute atomic E-state index is 0.486. The molecule has 0 radical (unpaired) electrons. The Morgan fingerprint density at radius 2 is 1.95 bits per heavy atom. The van der Waals surface area contributed by atoms with E-state index in [2.05, 4.69) is 47.0 Å². The van der Waals surface area contributed by atoms with Gasteiger partial charge in [0, 0.05) is 11.4 Å². The van der Waals surface area contributed by atoms with E-state index in [1.807, 2.05) is 19.9 Å².